The van der Waals surface area contributed by atoms with Crippen molar-refractivity contribution in [1.29, 1.82) is 0 Å². The van der Waals surface area contributed by atoms with Crippen LogP contribution in [0, 0.1) is 5.82 Å². The van der Waals surface area contributed by atoms with Crippen molar-refractivity contribution in [3.8, 4) is 0 Å². The molecule has 0 unspecified atom stereocenters. The number of nitrogens with zero attached hydrogens (tertiary/aromatic N) is 1. The molecular formula is C18H13BrClFN2O3. The van der Waals surface area contributed by atoms with Crippen LogP contribution in [0.5, 0.6) is 0 Å². The van der Waals surface area contributed by atoms with Gasteiger partial charge in [0.05, 0.1) is 21.8 Å². The molecule has 0 saturated carbocycles. The van der Waals surface area contributed by atoms with E-state index in [1.807, 2.05) is 0 Å². The molecule has 0 aliphatic carbocycles. The van der Waals surface area contributed by atoms with E-state index in [1.54, 1.807) is 18.2 Å². The second-order valence-corrected chi connectivity index (χ2v) is 7.05. The van der Waals surface area contributed by atoms with Crippen LogP contribution in [0.3, 0.4) is 0 Å². The molecule has 134 valence electrons. The highest BCUT2D eigenvalue weighted by atomic mass is 79.9. The van der Waals surface area contributed by atoms with Gasteiger partial charge in [-0.3, -0.25) is 19.3 Å². The number of carbonyl (C=O) groups is 3. The Morgan fingerprint density at radius 3 is 2.58 bits per heavy atom. The molecule has 3 amide bonds. The van der Waals surface area contributed by atoms with Crippen LogP contribution in [0.1, 0.15) is 33.6 Å². The average Bonchev–Trinajstić information content (AvgIpc) is 2.82. The maximum Gasteiger partial charge on any atom is 0.261 e. The second-order valence-electron chi connectivity index (χ2n) is 5.73. The lowest BCUT2D eigenvalue weighted by molar-refractivity contribution is -0.116. The number of imide groups is 1. The topological polar surface area (TPSA) is 66.5 Å². The first kappa shape index (κ1) is 18.5. The molecule has 3 rings (SSSR count). The van der Waals surface area contributed by atoms with Gasteiger partial charge in [-0.25, -0.2) is 4.39 Å². The molecule has 26 heavy (non-hydrogen) atoms. The number of carbonyl (C=O) groups excluding carboxylic acids is 3. The summed E-state index contributed by atoms with van der Waals surface area (Å²) in [4.78, 5) is 37.8. The summed E-state index contributed by atoms with van der Waals surface area (Å²) in [5, 5.41) is 2.68. The lowest BCUT2D eigenvalue weighted by atomic mass is 10.1. The number of halogens is 3. The monoisotopic (exact) mass is 438 g/mol. The van der Waals surface area contributed by atoms with Gasteiger partial charge in [-0.2, -0.15) is 0 Å². The Bertz CT molecular complexity index is 919. The van der Waals surface area contributed by atoms with Gasteiger partial charge in [0, 0.05) is 17.4 Å². The predicted octanol–water partition coefficient (Wildman–Crippen LogP) is 4.26. The molecule has 1 aliphatic heterocycles. The highest BCUT2D eigenvalue weighted by molar-refractivity contribution is 9.10. The Labute approximate surface area is 162 Å². The van der Waals surface area contributed by atoms with Crippen molar-refractivity contribution < 1.29 is 18.8 Å². The number of hydrogen-bond donors (Lipinski definition) is 1. The molecule has 0 bridgehead atoms. The van der Waals surface area contributed by atoms with Gasteiger partial charge in [-0.05, 0) is 42.8 Å². The van der Waals surface area contributed by atoms with E-state index in [4.69, 9.17) is 11.6 Å². The maximum absolute atomic E-state index is 13.0. The molecule has 0 atom stereocenters. The fourth-order valence-electron chi connectivity index (χ4n) is 2.67. The summed E-state index contributed by atoms with van der Waals surface area (Å²) >= 11 is 9.13. The summed E-state index contributed by atoms with van der Waals surface area (Å²) in [7, 11) is 0. The lowest BCUT2D eigenvalue weighted by Gasteiger charge is -2.13. The number of anilines is 1. The van der Waals surface area contributed by atoms with Gasteiger partial charge in [0.25, 0.3) is 11.8 Å². The number of benzene rings is 2. The second kappa shape index (κ2) is 7.55. The van der Waals surface area contributed by atoms with E-state index in [2.05, 4.69) is 21.2 Å². The zero-order chi connectivity index (χ0) is 18.8. The number of nitrogens with one attached hydrogen (secondary N) is 1. The van der Waals surface area contributed by atoms with Crippen molar-refractivity contribution in [2.24, 2.45) is 0 Å². The third-order valence-electron chi connectivity index (χ3n) is 3.92. The Balaban J connectivity index is 1.56. The van der Waals surface area contributed by atoms with Gasteiger partial charge in [-0.1, -0.05) is 27.5 Å². The molecule has 1 heterocycles. The van der Waals surface area contributed by atoms with Crippen molar-refractivity contribution >= 4 is 50.9 Å². The molecule has 0 aromatic heterocycles. The minimum Gasteiger partial charge on any atom is -0.325 e. The lowest BCUT2D eigenvalue weighted by Crippen LogP contribution is -2.31. The Hall–Kier alpha value is -2.25. The number of rotatable bonds is 5. The SMILES string of the molecule is O=C(CCCN1C(=O)c2ccc(Br)cc2C1=O)Nc1ccc(F)cc1Cl. The summed E-state index contributed by atoms with van der Waals surface area (Å²) < 4.78 is 13.7. The van der Waals surface area contributed by atoms with Gasteiger partial charge in [0.1, 0.15) is 5.82 Å². The average molecular weight is 440 g/mol. The molecule has 0 saturated heterocycles. The number of fused-ring (bicyclic) bond motifs is 1. The van der Waals surface area contributed by atoms with E-state index in [9.17, 15) is 18.8 Å². The first-order chi connectivity index (χ1) is 12.4. The summed E-state index contributed by atoms with van der Waals surface area (Å²) in [6.45, 7) is 0.133. The summed E-state index contributed by atoms with van der Waals surface area (Å²) in [6, 6.07) is 8.58. The third-order valence-corrected chi connectivity index (χ3v) is 4.73. The predicted molar refractivity (Wildman–Crippen MR) is 98.8 cm³/mol. The highest BCUT2D eigenvalue weighted by Crippen LogP contribution is 2.26. The third kappa shape index (κ3) is 3.78. The normalized spacial score (nSPS) is 13.1. The molecule has 8 heteroatoms. The van der Waals surface area contributed by atoms with Gasteiger partial charge in [-0.15, -0.1) is 0 Å². The van der Waals surface area contributed by atoms with Gasteiger partial charge in [0.2, 0.25) is 5.91 Å². The summed E-state index contributed by atoms with van der Waals surface area (Å²) in [6.07, 6.45) is 0.391. The van der Waals surface area contributed by atoms with Gasteiger partial charge < -0.3 is 5.32 Å². The molecule has 5 nitrogen and oxygen atoms in total. The molecule has 1 aliphatic rings. The first-order valence-corrected chi connectivity index (χ1v) is 8.94. The van der Waals surface area contributed by atoms with E-state index in [0.29, 0.717) is 23.2 Å². The molecule has 1 N–H and O–H groups in total. The zero-order valence-corrected chi connectivity index (χ0v) is 15.7. The maximum atomic E-state index is 13.0. The Kier molecular flexibility index (Phi) is 5.38. The van der Waals surface area contributed by atoms with Crippen molar-refractivity contribution in [3.63, 3.8) is 0 Å². The van der Waals surface area contributed by atoms with Crippen LogP contribution < -0.4 is 5.32 Å². The molecule has 0 radical (unpaired) electrons. The molecule has 2 aromatic rings. The standard InChI is InChI=1S/C18H13BrClFN2O3/c19-10-3-5-12-13(8-10)18(26)23(17(12)25)7-1-2-16(24)22-15-6-4-11(21)9-14(15)20/h3-6,8-9H,1-2,7H2,(H,22,24). The summed E-state index contributed by atoms with van der Waals surface area (Å²) in [5.41, 5.74) is 1.02. The minimum absolute atomic E-state index is 0.0881. The number of amides is 3. The van der Waals surface area contributed by atoms with Gasteiger partial charge >= 0.3 is 0 Å². The van der Waals surface area contributed by atoms with Gasteiger partial charge in [0.15, 0.2) is 0 Å². The zero-order valence-electron chi connectivity index (χ0n) is 13.4. The van der Waals surface area contributed by atoms with Crippen LogP contribution in [0.15, 0.2) is 40.9 Å². The first-order valence-electron chi connectivity index (χ1n) is 7.77. The van der Waals surface area contributed by atoms with Crippen LogP contribution in [0.4, 0.5) is 10.1 Å². The van der Waals surface area contributed by atoms with Crippen LogP contribution in [0.25, 0.3) is 0 Å². The smallest absolute Gasteiger partial charge is 0.261 e. The van der Waals surface area contributed by atoms with Crippen LogP contribution in [0.2, 0.25) is 5.02 Å². The fourth-order valence-corrected chi connectivity index (χ4v) is 3.24. The van der Waals surface area contributed by atoms with E-state index in [-0.39, 0.29) is 35.7 Å². The van der Waals surface area contributed by atoms with Crippen molar-refractivity contribution in [1.82, 2.24) is 4.90 Å². The van der Waals surface area contributed by atoms with Crippen LogP contribution in [-0.2, 0) is 4.79 Å². The van der Waals surface area contributed by atoms with Crippen LogP contribution >= 0.6 is 27.5 Å². The van der Waals surface area contributed by atoms with Crippen LogP contribution in [-0.4, -0.2) is 29.2 Å². The Morgan fingerprint density at radius 2 is 1.85 bits per heavy atom. The van der Waals surface area contributed by atoms with Crippen molar-refractivity contribution in [3.05, 3.63) is 62.8 Å². The molecule has 0 fully saturated rings. The quantitative estimate of drug-likeness (QED) is 0.708. The highest BCUT2D eigenvalue weighted by Gasteiger charge is 2.35. The Morgan fingerprint density at radius 1 is 1.12 bits per heavy atom. The summed E-state index contributed by atoms with van der Waals surface area (Å²) in [5.74, 6) is -1.56. The minimum atomic E-state index is -0.495. The van der Waals surface area contributed by atoms with E-state index >= 15 is 0 Å². The van der Waals surface area contributed by atoms with Crippen molar-refractivity contribution in [2.75, 3.05) is 11.9 Å². The molecule has 0 spiro atoms. The number of hydrogen-bond acceptors (Lipinski definition) is 3. The fraction of sp³-hybridized carbons (Fsp3) is 0.167. The van der Waals surface area contributed by atoms with E-state index in [0.717, 1.165) is 15.4 Å². The largest absolute Gasteiger partial charge is 0.325 e. The molecular weight excluding hydrogens is 427 g/mol. The van der Waals surface area contributed by atoms with E-state index in [1.165, 1.54) is 12.1 Å². The van der Waals surface area contributed by atoms with Crippen molar-refractivity contribution in [2.45, 2.75) is 12.8 Å². The molecule has 2 aromatic carbocycles. The van der Waals surface area contributed by atoms with E-state index < -0.39 is 5.82 Å².